The molecule has 1 aromatic rings. The quantitative estimate of drug-likeness (QED) is 0.840. The van der Waals surface area contributed by atoms with Gasteiger partial charge in [-0.25, -0.2) is 14.6 Å². The fourth-order valence-corrected chi connectivity index (χ4v) is 2.79. The van der Waals surface area contributed by atoms with E-state index in [0.717, 1.165) is 5.69 Å². The van der Waals surface area contributed by atoms with Gasteiger partial charge < -0.3 is 19.6 Å². The summed E-state index contributed by atoms with van der Waals surface area (Å²) in [6, 6.07) is 3.32. The van der Waals surface area contributed by atoms with Gasteiger partial charge in [-0.05, 0) is 17.5 Å². The number of carboxylic acid groups (broad SMARTS) is 1. The minimum atomic E-state index is -0.885. The first-order valence-electron chi connectivity index (χ1n) is 7.53. The van der Waals surface area contributed by atoms with Crippen LogP contribution in [-0.4, -0.2) is 59.8 Å². The lowest BCUT2D eigenvalue weighted by Crippen LogP contribution is -2.59. The number of hydrogen-bond donors (Lipinski definition) is 1. The summed E-state index contributed by atoms with van der Waals surface area (Å²) < 4.78 is 4.64. The Balaban J connectivity index is 2.18. The number of rotatable bonds is 2. The van der Waals surface area contributed by atoms with E-state index in [1.54, 1.807) is 12.3 Å². The van der Waals surface area contributed by atoms with E-state index in [4.69, 9.17) is 0 Å². The standard InChI is InChI=1S/C16H23N3O4/c1-16(2,3)13-10-18(7-8-19(13)15(21)22)11-5-6-12(17-9-11)14(20)23-4/h5-6,9,13H,7-8,10H2,1-4H3,(H,21,22). The van der Waals surface area contributed by atoms with E-state index in [1.807, 2.05) is 26.8 Å². The van der Waals surface area contributed by atoms with Crippen LogP contribution in [0, 0.1) is 5.41 Å². The predicted octanol–water partition coefficient (Wildman–Crippen LogP) is 2.08. The lowest BCUT2D eigenvalue weighted by Gasteiger charge is -2.46. The minimum Gasteiger partial charge on any atom is -0.465 e. The van der Waals surface area contributed by atoms with E-state index in [9.17, 15) is 14.7 Å². The van der Waals surface area contributed by atoms with E-state index in [1.165, 1.54) is 12.0 Å². The van der Waals surface area contributed by atoms with Gasteiger partial charge in [0.15, 0.2) is 0 Å². The molecular weight excluding hydrogens is 298 g/mol. The molecule has 7 nitrogen and oxygen atoms in total. The number of esters is 1. The highest BCUT2D eigenvalue weighted by Gasteiger charge is 2.38. The Morgan fingerprint density at radius 2 is 2.00 bits per heavy atom. The van der Waals surface area contributed by atoms with Gasteiger partial charge in [-0.1, -0.05) is 20.8 Å². The summed E-state index contributed by atoms with van der Waals surface area (Å²) in [7, 11) is 1.32. The molecule has 1 atom stereocenters. The number of carbonyl (C=O) groups is 2. The highest BCUT2D eigenvalue weighted by molar-refractivity contribution is 5.87. The molecule has 23 heavy (non-hydrogen) atoms. The number of hydrogen-bond acceptors (Lipinski definition) is 5. The Kier molecular flexibility index (Phi) is 4.77. The first-order chi connectivity index (χ1) is 10.7. The highest BCUT2D eigenvalue weighted by Crippen LogP contribution is 2.29. The maximum Gasteiger partial charge on any atom is 0.407 e. The zero-order valence-electron chi connectivity index (χ0n) is 13.9. The van der Waals surface area contributed by atoms with Gasteiger partial charge in [0.1, 0.15) is 5.69 Å². The second kappa shape index (κ2) is 6.44. The second-order valence-electron chi connectivity index (χ2n) is 6.70. The number of aromatic nitrogens is 1. The van der Waals surface area contributed by atoms with Crippen LogP contribution in [0.1, 0.15) is 31.3 Å². The average Bonchev–Trinajstić information content (AvgIpc) is 2.52. The fourth-order valence-electron chi connectivity index (χ4n) is 2.79. The molecule has 1 aliphatic rings. The van der Waals surface area contributed by atoms with Crippen molar-refractivity contribution in [1.29, 1.82) is 0 Å². The van der Waals surface area contributed by atoms with Gasteiger partial charge in [-0.3, -0.25) is 0 Å². The molecule has 126 valence electrons. The van der Waals surface area contributed by atoms with E-state index in [2.05, 4.69) is 14.6 Å². The molecule has 0 radical (unpaired) electrons. The second-order valence-corrected chi connectivity index (χ2v) is 6.70. The lowest BCUT2D eigenvalue weighted by atomic mass is 9.84. The summed E-state index contributed by atoms with van der Waals surface area (Å²) >= 11 is 0. The largest absolute Gasteiger partial charge is 0.465 e. The van der Waals surface area contributed by atoms with Crippen molar-refractivity contribution in [2.24, 2.45) is 5.41 Å². The molecule has 0 saturated carbocycles. The van der Waals surface area contributed by atoms with Crippen LogP contribution >= 0.6 is 0 Å². The van der Waals surface area contributed by atoms with Crippen LogP contribution in [-0.2, 0) is 4.74 Å². The van der Waals surface area contributed by atoms with Gasteiger partial charge in [0.05, 0.1) is 25.0 Å². The molecule has 1 fully saturated rings. The number of anilines is 1. The smallest absolute Gasteiger partial charge is 0.407 e. The first-order valence-corrected chi connectivity index (χ1v) is 7.53. The van der Waals surface area contributed by atoms with Crippen LogP contribution < -0.4 is 4.90 Å². The third-order valence-corrected chi connectivity index (χ3v) is 4.13. The summed E-state index contributed by atoms with van der Waals surface area (Å²) in [4.78, 5) is 30.6. The topological polar surface area (TPSA) is 83.0 Å². The molecule has 1 aliphatic heterocycles. The Morgan fingerprint density at radius 3 is 2.48 bits per heavy atom. The molecule has 1 amide bonds. The van der Waals surface area contributed by atoms with Gasteiger partial charge >= 0.3 is 12.1 Å². The van der Waals surface area contributed by atoms with E-state index < -0.39 is 12.1 Å². The Hall–Kier alpha value is -2.31. The number of pyridine rings is 1. The highest BCUT2D eigenvalue weighted by atomic mass is 16.5. The minimum absolute atomic E-state index is 0.117. The fraction of sp³-hybridized carbons (Fsp3) is 0.562. The van der Waals surface area contributed by atoms with Gasteiger partial charge in [0.2, 0.25) is 0 Å². The maximum absolute atomic E-state index is 11.5. The van der Waals surface area contributed by atoms with Crippen molar-refractivity contribution in [2.45, 2.75) is 26.8 Å². The lowest BCUT2D eigenvalue weighted by molar-refractivity contribution is 0.0593. The van der Waals surface area contributed by atoms with Crippen LogP contribution in [0.25, 0.3) is 0 Å². The number of methoxy groups -OCH3 is 1. The monoisotopic (exact) mass is 321 g/mol. The zero-order chi connectivity index (χ0) is 17.2. The molecule has 1 unspecified atom stereocenters. The number of nitrogens with zero attached hydrogens (tertiary/aromatic N) is 3. The molecule has 1 saturated heterocycles. The van der Waals surface area contributed by atoms with Crippen LogP contribution in [0.5, 0.6) is 0 Å². The summed E-state index contributed by atoms with van der Waals surface area (Å²) in [5, 5.41) is 9.40. The molecule has 1 N–H and O–H groups in total. The van der Waals surface area contributed by atoms with E-state index >= 15 is 0 Å². The van der Waals surface area contributed by atoms with Gasteiger partial charge in [0, 0.05) is 19.6 Å². The molecule has 0 bridgehead atoms. The Bertz CT molecular complexity index is 580. The molecule has 2 heterocycles. The van der Waals surface area contributed by atoms with Crippen molar-refractivity contribution in [3.8, 4) is 0 Å². The third-order valence-electron chi connectivity index (χ3n) is 4.13. The van der Waals surface area contributed by atoms with Crippen molar-refractivity contribution >= 4 is 17.7 Å². The number of ether oxygens (including phenoxy) is 1. The molecule has 0 spiro atoms. The van der Waals surface area contributed by atoms with Gasteiger partial charge in [0.25, 0.3) is 0 Å². The Labute approximate surface area is 135 Å². The summed E-state index contributed by atoms with van der Waals surface area (Å²) in [5.74, 6) is -0.472. The third kappa shape index (κ3) is 3.72. The van der Waals surface area contributed by atoms with Crippen molar-refractivity contribution in [3.05, 3.63) is 24.0 Å². The predicted molar refractivity (Wildman–Crippen MR) is 85.8 cm³/mol. The summed E-state index contributed by atoms with van der Waals surface area (Å²) in [6.45, 7) is 7.74. The van der Waals surface area contributed by atoms with Crippen LogP contribution in [0.3, 0.4) is 0 Å². The van der Waals surface area contributed by atoms with Crippen LogP contribution in [0.4, 0.5) is 10.5 Å². The summed E-state index contributed by atoms with van der Waals surface area (Å²) in [6.07, 6.45) is 0.742. The zero-order valence-corrected chi connectivity index (χ0v) is 13.9. The first kappa shape index (κ1) is 17.1. The normalized spacial score (nSPS) is 18.7. The van der Waals surface area contributed by atoms with Gasteiger partial charge in [-0.2, -0.15) is 0 Å². The molecular formula is C16H23N3O4. The number of piperazine rings is 1. The Morgan fingerprint density at radius 1 is 1.30 bits per heavy atom. The van der Waals surface area contributed by atoms with Crippen LogP contribution in [0.2, 0.25) is 0 Å². The summed E-state index contributed by atoms with van der Waals surface area (Å²) in [5.41, 5.74) is 0.959. The van der Waals surface area contributed by atoms with E-state index in [-0.39, 0.29) is 17.2 Å². The molecule has 2 rings (SSSR count). The van der Waals surface area contributed by atoms with Crippen molar-refractivity contribution < 1.29 is 19.4 Å². The van der Waals surface area contributed by atoms with Crippen LogP contribution in [0.15, 0.2) is 18.3 Å². The molecule has 1 aromatic heterocycles. The molecule has 7 heteroatoms. The van der Waals surface area contributed by atoms with Gasteiger partial charge in [-0.15, -0.1) is 0 Å². The SMILES string of the molecule is COC(=O)c1ccc(N2CCN(C(=O)O)C(C(C)(C)C)C2)cn1. The maximum atomic E-state index is 11.5. The number of carbonyl (C=O) groups excluding carboxylic acids is 1. The number of amides is 1. The molecule has 0 aliphatic carbocycles. The van der Waals surface area contributed by atoms with E-state index in [0.29, 0.717) is 19.6 Å². The molecule has 0 aromatic carbocycles. The van der Waals surface area contributed by atoms with Crippen molar-refractivity contribution in [1.82, 2.24) is 9.88 Å². The van der Waals surface area contributed by atoms with Crippen molar-refractivity contribution in [3.63, 3.8) is 0 Å². The van der Waals surface area contributed by atoms with Crippen molar-refractivity contribution in [2.75, 3.05) is 31.6 Å². The average molecular weight is 321 g/mol.